The summed E-state index contributed by atoms with van der Waals surface area (Å²) in [7, 11) is -0.784. The fraction of sp³-hybridized carbons (Fsp3) is 0.875. The molecule has 1 fully saturated rings. The molecular formula is C8H16N2O2S. The highest BCUT2D eigenvalue weighted by Gasteiger charge is 2.27. The van der Waals surface area contributed by atoms with Crippen molar-refractivity contribution in [3.63, 3.8) is 0 Å². The Hall–Kier alpha value is -0.420. The van der Waals surface area contributed by atoms with Gasteiger partial charge in [0.25, 0.3) is 0 Å². The van der Waals surface area contributed by atoms with Crippen LogP contribution in [0.3, 0.4) is 0 Å². The van der Waals surface area contributed by atoms with Gasteiger partial charge in [-0.05, 0) is 6.42 Å². The zero-order valence-corrected chi connectivity index (χ0v) is 8.68. The number of likely N-dealkylation sites (tertiary alicyclic amines) is 1. The summed E-state index contributed by atoms with van der Waals surface area (Å²) in [4.78, 5) is 13.0. The van der Waals surface area contributed by atoms with Crippen molar-refractivity contribution < 1.29 is 9.00 Å². The third kappa shape index (κ3) is 2.77. The molecule has 1 aliphatic rings. The maximum atomic E-state index is 11.3. The largest absolute Gasteiger partial charge is 0.340 e. The third-order valence-electron chi connectivity index (χ3n) is 2.25. The Morgan fingerprint density at radius 3 is 2.85 bits per heavy atom. The van der Waals surface area contributed by atoms with Crippen LogP contribution in [0, 0.1) is 0 Å². The molecule has 0 bridgehead atoms. The summed E-state index contributed by atoms with van der Waals surface area (Å²) in [5.74, 6) is 1.25. The monoisotopic (exact) mass is 204 g/mol. The van der Waals surface area contributed by atoms with Crippen molar-refractivity contribution in [3.05, 3.63) is 0 Å². The SMILES string of the molecule is CCS(=O)CCN1CCC(N)C1=O. The number of nitrogens with two attached hydrogens (primary N) is 1. The Kier molecular flexibility index (Phi) is 3.87. The lowest BCUT2D eigenvalue weighted by molar-refractivity contribution is -0.128. The van der Waals surface area contributed by atoms with Crippen LogP contribution in [-0.4, -0.2) is 45.7 Å². The highest BCUT2D eigenvalue weighted by Crippen LogP contribution is 2.08. The number of amides is 1. The first kappa shape index (κ1) is 10.7. The summed E-state index contributed by atoms with van der Waals surface area (Å²) < 4.78 is 11.1. The normalized spacial score (nSPS) is 25.2. The summed E-state index contributed by atoms with van der Waals surface area (Å²) in [5, 5.41) is 0. The lowest BCUT2D eigenvalue weighted by Crippen LogP contribution is -2.36. The molecule has 1 heterocycles. The molecule has 0 saturated carbocycles. The van der Waals surface area contributed by atoms with E-state index in [-0.39, 0.29) is 11.9 Å². The zero-order valence-electron chi connectivity index (χ0n) is 7.86. The van der Waals surface area contributed by atoms with E-state index in [1.54, 1.807) is 4.90 Å². The molecule has 2 N–H and O–H groups in total. The van der Waals surface area contributed by atoms with Crippen LogP contribution < -0.4 is 5.73 Å². The van der Waals surface area contributed by atoms with Crippen LogP contribution in [0.2, 0.25) is 0 Å². The van der Waals surface area contributed by atoms with E-state index in [1.165, 1.54) is 0 Å². The summed E-state index contributed by atoms with van der Waals surface area (Å²) >= 11 is 0. The lowest BCUT2D eigenvalue weighted by atomic mass is 10.3. The lowest BCUT2D eigenvalue weighted by Gasteiger charge is -2.14. The van der Waals surface area contributed by atoms with Crippen LogP contribution in [-0.2, 0) is 15.6 Å². The highest BCUT2D eigenvalue weighted by molar-refractivity contribution is 7.84. The molecule has 4 nitrogen and oxygen atoms in total. The Labute approximate surface area is 80.9 Å². The average molecular weight is 204 g/mol. The van der Waals surface area contributed by atoms with Crippen molar-refractivity contribution in [2.45, 2.75) is 19.4 Å². The van der Waals surface area contributed by atoms with E-state index in [2.05, 4.69) is 0 Å². The molecule has 0 radical (unpaired) electrons. The highest BCUT2D eigenvalue weighted by atomic mass is 32.2. The van der Waals surface area contributed by atoms with Gasteiger partial charge in [-0.3, -0.25) is 9.00 Å². The first-order valence-corrected chi connectivity index (χ1v) is 6.03. The number of carbonyl (C=O) groups excluding carboxylic acids is 1. The van der Waals surface area contributed by atoms with Gasteiger partial charge in [0.15, 0.2) is 0 Å². The van der Waals surface area contributed by atoms with Gasteiger partial charge in [-0.1, -0.05) is 6.92 Å². The minimum atomic E-state index is -0.784. The molecule has 76 valence electrons. The Morgan fingerprint density at radius 2 is 2.38 bits per heavy atom. The van der Waals surface area contributed by atoms with Crippen LogP contribution in [0.15, 0.2) is 0 Å². The minimum absolute atomic E-state index is 0.00750. The standard InChI is InChI=1S/C8H16N2O2S/c1-2-13(12)6-5-10-4-3-7(9)8(10)11/h7H,2-6,9H2,1H3. The second kappa shape index (κ2) is 4.72. The first-order chi connectivity index (χ1) is 6.15. The summed E-state index contributed by atoms with van der Waals surface area (Å²) in [5.41, 5.74) is 5.54. The van der Waals surface area contributed by atoms with Crippen molar-refractivity contribution in [2.75, 3.05) is 24.6 Å². The maximum Gasteiger partial charge on any atom is 0.239 e. The van der Waals surface area contributed by atoms with Gasteiger partial charge in [0.05, 0.1) is 6.04 Å². The Balaban J connectivity index is 2.30. The molecule has 2 atom stereocenters. The van der Waals surface area contributed by atoms with Crippen molar-refractivity contribution in [3.8, 4) is 0 Å². The number of hydrogen-bond acceptors (Lipinski definition) is 3. The molecular weight excluding hydrogens is 188 g/mol. The first-order valence-electron chi connectivity index (χ1n) is 4.54. The summed E-state index contributed by atoms with van der Waals surface area (Å²) in [6, 6.07) is -0.324. The minimum Gasteiger partial charge on any atom is -0.340 e. The summed E-state index contributed by atoms with van der Waals surface area (Å²) in [6.45, 7) is 3.20. The maximum absolute atomic E-state index is 11.3. The average Bonchev–Trinajstić information content (AvgIpc) is 2.44. The van der Waals surface area contributed by atoms with Gasteiger partial charge < -0.3 is 10.6 Å². The quantitative estimate of drug-likeness (QED) is 0.659. The second-order valence-electron chi connectivity index (χ2n) is 3.15. The van der Waals surface area contributed by atoms with E-state index in [1.807, 2.05) is 6.92 Å². The predicted octanol–water partition coefficient (Wildman–Crippen LogP) is -0.685. The van der Waals surface area contributed by atoms with E-state index >= 15 is 0 Å². The van der Waals surface area contributed by atoms with Crippen LogP contribution in [0.5, 0.6) is 0 Å². The van der Waals surface area contributed by atoms with E-state index in [4.69, 9.17) is 5.73 Å². The molecule has 5 heteroatoms. The number of carbonyl (C=O) groups is 1. The molecule has 0 aromatic heterocycles. The van der Waals surface area contributed by atoms with Gasteiger partial charge in [0.1, 0.15) is 0 Å². The van der Waals surface area contributed by atoms with E-state index in [0.717, 1.165) is 13.0 Å². The van der Waals surface area contributed by atoms with Crippen molar-refractivity contribution in [1.29, 1.82) is 0 Å². The molecule has 1 amide bonds. The Bertz CT molecular complexity index is 220. The van der Waals surface area contributed by atoms with Crippen molar-refractivity contribution in [1.82, 2.24) is 4.90 Å². The molecule has 1 aliphatic heterocycles. The molecule has 2 unspecified atom stereocenters. The van der Waals surface area contributed by atoms with Gasteiger partial charge in [0, 0.05) is 35.4 Å². The topological polar surface area (TPSA) is 63.4 Å². The molecule has 1 rings (SSSR count). The molecule has 0 aromatic rings. The van der Waals surface area contributed by atoms with E-state index in [0.29, 0.717) is 18.1 Å². The Morgan fingerprint density at radius 1 is 1.69 bits per heavy atom. The van der Waals surface area contributed by atoms with Crippen LogP contribution in [0.1, 0.15) is 13.3 Å². The van der Waals surface area contributed by atoms with Crippen LogP contribution in [0.4, 0.5) is 0 Å². The zero-order chi connectivity index (χ0) is 9.84. The van der Waals surface area contributed by atoms with Crippen molar-refractivity contribution in [2.24, 2.45) is 5.73 Å². The summed E-state index contributed by atoms with van der Waals surface area (Å²) in [6.07, 6.45) is 0.734. The van der Waals surface area contributed by atoms with Gasteiger partial charge in [-0.2, -0.15) is 0 Å². The molecule has 0 aromatic carbocycles. The van der Waals surface area contributed by atoms with E-state index in [9.17, 15) is 9.00 Å². The second-order valence-corrected chi connectivity index (χ2v) is 5.02. The molecule has 0 spiro atoms. The van der Waals surface area contributed by atoms with Crippen LogP contribution >= 0.6 is 0 Å². The number of hydrogen-bond donors (Lipinski definition) is 1. The fourth-order valence-electron chi connectivity index (χ4n) is 1.34. The predicted molar refractivity (Wildman–Crippen MR) is 52.7 cm³/mol. The number of rotatable bonds is 4. The smallest absolute Gasteiger partial charge is 0.239 e. The van der Waals surface area contributed by atoms with Gasteiger partial charge in [-0.25, -0.2) is 0 Å². The van der Waals surface area contributed by atoms with Gasteiger partial charge in [-0.15, -0.1) is 0 Å². The third-order valence-corrected chi connectivity index (χ3v) is 3.53. The molecule has 13 heavy (non-hydrogen) atoms. The van der Waals surface area contributed by atoms with Gasteiger partial charge >= 0.3 is 0 Å². The van der Waals surface area contributed by atoms with E-state index < -0.39 is 10.8 Å². The molecule has 0 aliphatic carbocycles. The number of nitrogens with zero attached hydrogens (tertiary/aromatic N) is 1. The fourth-order valence-corrected chi connectivity index (χ4v) is 2.05. The molecule has 1 saturated heterocycles. The van der Waals surface area contributed by atoms with Gasteiger partial charge in [0.2, 0.25) is 5.91 Å². The van der Waals surface area contributed by atoms with Crippen molar-refractivity contribution >= 4 is 16.7 Å². The van der Waals surface area contributed by atoms with Crippen LogP contribution in [0.25, 0.3) is 0 Å².